The molecule has 3 aliphatic heterocycles. The lowest BCUT2D eigenvalue weighted by Gasteiger charge is -2.45. The third kappa shape index (κ3) is 2.77. The van der Waals surface area contributed by atoms with Crippen LogP contribution in [0.2, 0.25) is 0 Å². The summed E-state index contributed by atoms with van der Waals surface area (Å²) >= 11 is 0. The summed E-state index contributed by atoms with van der Waals surface area (Å²) in [6.45, 7) is 4.45. The van der Waals surface area contributed by atoms with E-state index in [4.69, 9.17) is 0 Å². The molecule has 3 aliphatic rings. The number of benzene rings is 1. The topological polar surface area (TPSA) is 58.4 Å². The van der Waals surface area contributed by atoms with Gasteiger partial charge in [-0.3, -0.25) is 10.1 Å². The number of hydrogen-bond acceptors (Lipinski definition) is 4. The van der Waals surface area contributed by atoms with E-state index in [1.807, 2.05) is 12.1 Å². The molecule has 3 heterocycles. The predicted octanol–water partition coefficient (Wildman–Crippen LogP) is 1.78. The quantitative estimate of drug-likeness (QED) is 0.663. The van der Waals surface area contributed by atoms with Crippen molar-refractivity contribution in [1.29, 1.82) is 0 Å². The number of nitro groups is 1. The lowest BCUT2D eigenvalue weighted by Crippen LogP contribution is -2.55. The highest BCUT2D eigenvalue weighted by atomic mass is 16.6. The van der Waals surface area contributed by atoms with E-state index in [-0.39, 0.29) is 10.6 Å². The first-order chi connectivity index (χ1) is 9.22. The summed E-state index contributed by atoms with van der Waals surface area (Å²) in [4.78, 5) is 12.8. The van der Waals surface area contributed by atoms with Gasteiger partial charge in [0.15, 0.2) is 0 Å². The summed E-state index contributed by atoms with van der Waals surface area (Å²) < 4.78 is 0. The molecule has 5 heteroatoms. The zero-order chi connectivity index (χ0) is 13.2. The molecular weight excluding hydrogens is 242 g/mol. The molecule has 1 aromatic rings. The number of nitro benzene ring substituents is 1. The average Bonchev–Trinajstić information content (AvgIpc) is 2.47. The second-order valence-corrected chi connectivity index (χ2v) is 5.55. The van der Waals surface area contributed by atoms with Gasteiger partial charge in [0.05, 0.1) is 4.92 Å². The minimum atomic E-state index is -0.357. The maximum atomic E-state index is 10.6. The van der Waals surface area contributed by atoms with Gasteiger partial charge in [0.2, 0.25) is 0 Å². The molecular formula is C14H19N3O2. The SMILES string of the molecule is O=[N+]([O-])c1ccc(CN[C@H]2CN3CCC2CC3)cc1. The smallest absolute Gasteiger partial charge is 0.269 e. The van der Waals surface area contributed by atoms with Crippen LogP contribution in [0, 0.1) is 16.0 Å². The molecule has 0 spiro atoms. The first kappa shape index (κ1) is 12.6. The number of piperidine rings is 3. The van der Waals surface area contributed by atoms with Crippen molar-refractivity contribution >= 4 is 5.69 Å². The van der Waals surface area contributed by atoms with Crippen molar-refractivity contribution in [3.63, 3.8) is 0 Å². The fourth-order valence-corrected chi connectivity index (χ4v) is 3.18. The Hall–Kier alpha value is -1.46. The second kappa shape index (κ2) is 5.27. The van der Waals surface area contributed by atoms with E-state index < -0.39 is 0 Å². The van der Waals surface area contributed by atoms with Gasteiger partial charge < -0.3 is 10.2 Å². The molecule has 1 atom stereocenters. The van der Waals surface area contributed by atoms with Gasteiger partial charge in [-0.2, -0.15) is 0 Å². The lowest BCUT2D eigenvalue weighted by molar-refractivity contribution is -0.384. The molecule has 3 fully saturated rings. The van der Waals surface area contributed by atoms with Crippen molar-refractivity contribution in [3.8, 4) is 0 Å². The fraction of sp³-hybridized carbons (Fsp3) is 0.571. The van der Waals surface area contributed by atoms with E-state index in [2.05, 4.69) is 10.2 Å². The van der Waals surface area contributed by atoms with Gasteiger partial charge in [-0.1, -0.05) is 12.1 Å². The van der Waals surface area contributed by atoms with E-state index >= 15 is 0 Å². The van der Waals surface area contributed by atoms with Crippen LogP contribution in [0.3, 0.4) is 0 Å². The Kier molecular flexibility index (Phi) is 3.48. The molecule has 0 unspecified atom stereocenters. The van der Waals surface area contributed by atoms with Gasteiger partial charge >= 0.3 is 0 Å². The highest BCUT2D eigenvalue weighted by Gasteiger charge is 2.33. The summed E-state index contributed by atoms with van der Waals surface area (Å²) in [5.74, 6) is 0.808. The molecule has 5 nitrogen and oxygen atoms in total. The predicted molar refractivity (Wildman–Crippen MR) is 72.9 cm³/mol. The number of rotatable bonds is 4. The molecule has 102 valence electrons. The first-order valence-electron chi connectivity index (χ1n) is 6.91. The Labute approximate surface area is 112 Å². The molecule has 1 aromatic carbocycles. The van der Waals surface area contributed by atoms with Crippen LogP contribution < -0.4 is 5.32 Å². The van der Waals surface area contributed by atoms with Crippen LogP contribution in [0.1, 0.15) is 18.4 Å². The van der Waals surface area contributed by atoms with Crippen LogP contribution in [-0.2, 0) is 6.54 Å². The van der Waals surface area contributed by atoms with Crippen LogP contribution in [0.15, 0.2) is 24.3 Å². The van der Waals surface area contributed by atoms with E-state index in [1.165, 1.54) is 25.9 Å². The monoisotopic (exact) mass is 261 g/mol. The third-order valence-electron chi connectivity index (χ3n) is 4.37. The van der Waals surface area contributed by atoms with Crippen molar-refractivity contribution < 1.29 is 4.92 Å². The summed E-state index contributed by atoms with van der Waals surface area (Å²) in [6.07, 6.45) is 2.61. The Bertz CT molecular complexity index is 452. The Morgan fingerprint density at radius 1 is 1.26 bits per heavy atom. The summed E-state index contributed by atoms with van der Waals surface area (Å²) in [5, 5.41) is 14.2. The Morgan fingerprint density at radius 3 is 2.47 bits per heavy atom. The third-order valence-corrected chi connectivity index (χ3v) is 4.37. The van der Waals surface area contributed by atoms with Crippen molar-refractivity contribution in [2.45, 2.75) is 25.4 Å². The van der Waals surface area contributed by atoms with Crippen molar-refractivity contribution in [1.82, 2.24) is 10.2 Å². The summed E-state index contributed by atoms with van der Waals surface area (Å²) in [7, 11) is 0. The number of fused-ring (bicyclic) bond motifs is 3. The van der Waals surface area contributed by atoms with Crippen LogP contribution in [0.25, 0.3) is 0 Å². The molecule has 0 aliphatic carbocycles. The second-order valence-electron chi connectivity index (χ2n) is 5.55. The standard InChI is InChI=1S/C14H19N3O2/c18-17(19)13-3-1-11(2-4-13)9-15-14-10-16-7-5-12(14)6-8-16/h1-4,12,14-15H,5-10H2/t14-/m0/s1. The maximum Gasteiger partial charge on any atom is 0.269 e. The molecule has 4 rings (SSSR count). The molecule has 19 heavy (non-hydrogen) atoms. The fourth-order valence-electron chi connectivity index (χ4n) is 3.18. The molecule has 1 N–H and O–H groups in total. The van der Waals surface area contributed by atoms with Gasteiger partial charge in [0, 0.05) is 31.3 Å². The zero-order valence-electron chi connectivity index (χ0n) is 10.9. The molecule has 2 bridgehead atoms. The normalized spacial score (nSPS) is 29.4. The van der Waals surface area contributed by atoms with E-state index in [9.17, 15) is 10.1 Å². The van der Waals surface area contributed by atoms with E-state index in [0.29, 0.717) is 6.04 Å². The van der Waals surface area contributed by atoms with E-state index in [1.54, 1.807) is 12.1 Å². The van der Waals surface area contributed by atoms with Gasteiger partial charge in [0.1, 0.15) is 0 Å². The van der Waals surface area contributed by atoms with Crippen molar-refractivity contribution in [2.24, 2.45) is 5.92 Å². The minimum absolute atomic E-state index is 0.159. The number of nitrogens with one attached hydrogen (secondary N) is 1. The van der Waals surface area contributed by atoms with Crippen LogP contribution in [-0.4, -0.2) is 35.5 Å². The van der Waals surface area contributed by atoms with Crippen LogP contribution in [0.4, 0.5) is 5.69 Å². The largest absolute Gasteiger partial charge is 0.308 e. The van der Waals surface area contributed by atoms with Gasteiger partial charge in [-0.05, 0) is 37.4 Å². The maximum absolute atomic E-state index is 10.6. The summed E-state index contributed by atoms with van der Waals surface area (Å²) in [6, 6.07) is 7.41. The van der Waals surface area contributed by atoms with E-state index in [0.717, 1.165) is 24.6 Å². The molecule has 0 saturated carbocycles. The number of nitrogens with zero attached hydrogens (tertiary/aromatic N) is 2. The number of hydrogen-bond donors (Lipinski definition) is 1. The first-order valence-corrected chi connectivity index (χ1v) is 6.91. The highest BCUT2D eigenvalue weighted by molar-refractivity contribution is 5.32. The molecule has 3 saturated heterocycles. The highest BCUT2D eigenvalue weighted by Crippen LogP contribution is 2.27. The van der Waals surface area contributed by atoms with Crippen molar-refractivity contribution in [2.75, 3.05) is 19.6 Å². The van der Waals surface area contributed by atoms with Crippen LogP contribution >= 0.6 is 0 Å². The Morgan fingerprint density at radius 2 is 1.95 bits per heavy atom. The van der Waals surface area contributed by atoms with Gasteiger partial charge in [-0.25, -0.2) is 0 Å². The summed E-state index contributed by atoms with van der Waals surface area (Å²) in [5.41, 5.74) is 1.27. The molecule has 0 radical (unpaired) electrons. The average molecular weight is 261 g/mol. The molecule has 0 aromatic heterocycles. The lowest BCUT2D eigenvalue weighted by atomic mass is 9.84. The van der Waals surface area contributed by atoms with Gasteiger partial charge in [-0.15, -0.1) is 0 Å². The minimum Gasteiger partial charge on any atom is -0.308 e. The zero-order valence-corrected chi connectivity index (χ0v) is 10.9. The Balaban J connectivity index is 1.56. The number of non-ortho nitro benzene ring substituents is 1. The van der Waals surface area contributed by atoms with Crippen LogP contribution in [0.5, 0.6) is 0 Å². The van der Waals surface area contributed by atoms with Crippen molar-refractivity contribution in [3.05, 3.63) is 39.9 Å². The van der Waals surface area contributed by atoms with Gasteiger partial charge in [0.25, 0.3) is 5.69 Å². The molecule has 0 amide bonds.